The van der Waals surface area contributed by atoms with Crippen molar-refractivity contribution in [1.29, 1.82) is 0 Å². The number of anilines is 1. The number of carbonyl (C=O) groups is 3. The molecule has 1 aliphatic rings. The summed E-state index contributed by atoms with van der Waals surface area (Å²) in [5.41, 5.74) is 2.10. The van der Waals surface area contributed by atoms with Crippen molar-refractivity contribution in [2.24, 2.45) is 5.92 Å². The minimum Gasteiger partial charge on any atom is -0.391 e. The minimum atomic E-state index is -1.08. The van der Waals surface area contributed by atoms with Gasteiger partial charge in [0, 0.05) is 37.0 Å². The molecule has 1 saturated heterocycles. The first-order chi connectivity index (χ1) is 22.1. The fourth-order valence-corrected chi connectivity index (χ4v) is 5.70. The molecule has 1 aliphatic heterocycles. The largest absolute Gasteiger partial charge is 0.391 e. The van der Waals surface area contributed by atoms with Crippen molar-refractivity contribution in [3.05, 3.63) is 106 Å². The van der Waals surface area contributed by atoms with Gasteiger partial charge in [-0.2, -0.15) is 0 Å². The summed E-state index contributed by atoms with van der Waals surface area (Å²) in [6.07, 6.45) is 0.515. The second-order valence-corrected chi connectivity index (χ2v) is 11.9. The van der Waals surface area contributed by atoms with Gasteiger partial charge in [-0.05, 0) is 54.9 Å². The van der Waals surface area contributed by atoms with E-state index in [-0.39, 0.29) is 30.0 Å². The van der Waals surface area contributed by atoms with Crippen LogP contribution >= 0.6 is 0 Å². The van der Waals surface area contributed by atoms with Crippen molar-refractivity contribution >= 4 is 29.3 Å². The van der Waals surface area contributed by atoms with E-state index < -0.39 is 35.2 Å². The van der Waals surface area contributed by atoms with Crippen molar-refractivity contribution in [2.45, 2.75) is 63.8 Å². The maximum atomic E-state index is 13.8. The number of benzene rings is 3. The van der Waals surface area contributed by atoms with Gasteiger partial charge in [-0.15, -0.1) is 0 Å². The molecular weight excluding hydrogens is 588 g/mol. The third-order valence-corrected chi connectivity index (χ3v) is 7.96. The average Bonchev–Trinajstić information content (AvgIpc) is 3.03. The first kappa shape index (κ1) is 33.9. The molecule has 0 saturated carbocycles. The zero-order chi connectivity index (χ0) is 33.1. The monoisotopic (exact) mass is 630 g/mol. The van der Waals surface area contributed by atoms with Crippen molar-refractivity contribution in [1.82, 2.24) is 20.9 Å². The van der Waals surface area contributed by atoms with Gasteiger partial charge in [-0.1, -0.05) is 74.5 Å². The summed E-state index contributed by atoms with van der Waals surface area (Å²) in [5.74, 6) is -0.453. The summed E-state index contributed by atoms with van der Waals surface area (Å²) in [6.45, 7) is 4.84. The van der Waals surface area contributed by atoms with Crippen molar-refractivity contribution < 1.29 is 24.4 Å². The Morgan fingerprint density at radius 3 is 2.11 bits per heavy atom. The minimum absolute atomic E-state index is 0.101. The van der Waals surface area contributed by atoms with Crippen LogP contribution in [-0.2, 0) is 17.6 Å². The van der Waals surface area contributed by atoms with E-state index in [4.69, 9.17) is 0 Å². The number of aliphatic hydroxyl groups excluding tert-OH is 1. The third-order valence-electron chi connectivity index (χ3n) is 7.96. The zero-order valence-electron chi connectivity index (χ0n) is 26.1. The molecule has 5 amide bonds. The van der Waals surface area contributed by atoms with Gasteiger partial charge in [0.15, 0.2) is 0 Å². The summed E-state index contributed by atoms with van der Waals surface area (Å²) < 4.78 is 0. The highest BCUT2D eigenvalue weighted by Gasteiger charge is 2.35. The van der Waals surface area contributed by atoms with Gasteiger partial charge >= 0.3 is 12.1 Å². The standard InChI is InChI=1S/C34H42N6O6/c1-23(2)31(39-19-9-18-35-34(39)44)32(42)36-27(20-24-10-5-3-6-11-24)22-30(41)29(21-25-12-7-4-8-13-25)38-33(43)37-26-14-16-28(17-15-26)40(45)46/h3-8,10-17,23,27,29-31,41H,9,18-22H2,1-2H3,(H,35,44)(H,36,42)(H2,37,38,43)/t27-,29?,30-,31-/m0/s1. The lowest BCUT2D eigenvalue weighted by atomic mass is 9.93. The number of nitrogens with one attached hydrogen (secondary N) is 4. The molecule has 3 aromatic rings. The normalized spacial score (nSPS) is 15.7. The Hall–Kier alpha value is -4.97. The maximum absolute atomic E-state index is 13.8. The smallest absolute Gasteiger partial charge is 0.319 e. The molecule has 4 atom stereocenters. The lowest BCUT2D eigenvalue weighted by Gasteiger charge is -2.37. The highest BCUT2D eigenvalue weighted by atomic mass is 16.6. The predicted octanol–water partition coefficient (Wildman–Crippen LogP) is 4.25. The zero-order valence-corrected chi connectivity index (χ0v) is 26.1. The number of carbonyl (C=O) groups excluding carboxylic acids is 3. The molecule has 0 aromatic heterocycles. The molecule has 46 heavy (non-hydrogen) atoms. The molecule has 4 rings (SSSR count). The van der Waals surface area contributed by atoms with Crippen LogP contribution in [0, 0.1) is 16.0 Å². The van der Waals surface area contributed by atoms with E-state index in [9.17, 15) is 29.6 Å². The Labute approximate surface area is 268 Å². The Balaban J connectivity index is 1.53. The molecule has 0 spiro atoms. The number of rotatable bonds is 14. The van der Waals surface area contributed by atoms with Gasteiger partial charge in [-0.25, -0.2) is 9.59 Å². The van der Waals surface area contributed by atoms with E-state index >= 15 is 0 Å². The molecule has 3 aromatic carbocycles. The summed E-state index contributed by atoms with van der Waals surface area (Å²) in [7, 11) is 0. The van der Waals surface area contributed by atoms with Crippen molar-refractivity contribution in [2.75, 3.05) is 18.4 Å². The van der Waals surface area contributed by atoms with Gasteiger partial charge < -0.3 is 31.3 Å². The van der Waals surface area contributed by atoms with Crippen LogP contribution in [0.1, 0.15) is 37.8 Å². The second kappa shape index (κ2) is 16.4. The van der Waals surface area contributed by atoms with Crippen LogP contribution in [0.25, 0.3) is 0 Å². The van der Waals surface area contributed by atoms with Crippen molar-refractivity contribution in [3.8, 4) is 0 Å². The van der Waals surface area contributed by atoms with Crippen LogP contribution in [0.2, 0.25) is 0 Å². The van der Waals surface area contributed by atoms with E-state index in [1.165, 1.54) is 24.3 Å². The summed E-state index contributed by atoms with van der Waals surface area (Å²) in [5, 5.41) is 34.1. The van der Waals surface area contributed by atoms with E-state index in [1.54, 1.807) is 4.90 Å². The number of urea groups is 2. The summed E-state index contributed by atoms with van der Waals surface area (Å²) >= 11 is 0. The summed E-state index contributed by atoms with van der Waals surface area (Å²) in [6, 6.07) is 21.6. The number of nitro benzene ring substituents is 1. The molecule has 0 bridgehead atoms. The van der Waals surface area contributed by atoms with Crippen LogP contribution in [0.3, 0.4) is 0 Å². The van der Waals surface area contributed by atoms with Crippen LogP contribution in [0.4, 0.5) is 21.0 Å². The topological polar surface area (TPSA) is 166 Å². The second-order valence-electron chi connectivity index (χ2n) is 11.9. The number of nitrogens with zero attached hydrogens (tertiary/aromatic N) is 2. The Morgan fingerprint density at radius 1 is 0.935 bits per heavy atom. The van der Waals surface area contributed by atoms with Crippen LogP contribution in [0.5, 0.6) is 0 Å². The van der Waals surface area contributed by atoms with Crippen LogP contribution in [-0.4, -0.2) is 70.2 Å². The number of hydrogen-bond donors (Lipinski definition) is 5. The molecule has 12 heteroatoms. The number of nitro groups is 1. The van der Waals surface area contributed by atoms with E-state index in [1.807, 2.05) is 74.5 Å². The summed E-state index contributed by atoms with van der Waals surface area (Å²) in [4.78, 5) is 51.6. The average molecular weight is 631 g/mol. The van der Waals surface area contributed by atoms with E-state index in [0.717, 1.165) is 17.5 Å². The molecule has 1 heterocycles. The first-order valence-corrected chi connectivity index (χ1v) is 15.5. The fourth-order valence-electron chi connectivity index (χ4n) is 5.70. The molecular formula is C34H42N6O6. The predicted molar refractivity (Wildman–Crippen MR) is 175 cm³/mol. The third kappa shape index (κ3) is 9.77. The van der Waals surface area contributed by atoms with Gasteiger partial charge in [-0.3, -0.25) is 14.9 Å². The molecule has 0 radical (unpaired) electrons. The van der Waals surface area contributed by atoms with E-state index in [0.29, 0.717) is 31.6 Å². The molecule has 12 nitrogen and oxygen atoms in total. The number of hydrogen-bond acceptors (Lipinski definition) is 6. The molecule has 244 valence electrons. The van der Waals surface area contributed by atoms with Crippen LogP contribution < -0.4 is 21.3 Å². The number of aliphatic hydroxyl groups is 1. The first-order valence-electron chi connectivity index (χ1n) is 15.5. The van der Waals surface area contributed by atoms with Gasteiger partial charge in [0.1, 0.15) is 6.04 Å². The van der Waals surface area contributed by atoms with Crippen LogP contribution in [0.15, 0.2) is 84.9 Å². The highest BCUT2D eigenvalue weighted by molar-refractivity contribution is 5.89. The lowest BCUT2D eigenvalue weighted by Crippen LogP contribution is -2.59. The van der Waals surface area contributed by atoms with Gasteiger partial charge in [0.05, 0.1) is 17.1 Å². The Bertz CT molecular complexity index is 1450. The quantitative estimate of drug-likeness (QED) is 0.132. The lowest BCUT2D eigenvalue weighted by molar-refractivity contribution is -0.384. The Kier molecular flexibility index (Phi) is 12.1. The Morgan fingerprint density at radius 2 is 1.54 bits per heavy atom. The number of amides is 5. The molecule has 0 aliphatic carbocycles. The SMILES string of the molecule is CC(C)[C@@H](C(=O)N[C@@H](Cc1ccccc1)C[C@H](O)C(Cc1ccccc1)NC(=O)Nc1ccc([N+](=O)[O-])cc1)N1CCCNC1=O. The number of non-ortho nitro benzene ring substituents is 1. The fraction of sp³-hybridized carbons (Fsp3) is 0.382. The maximum Gasteiger partial charge on any atom is 0.319 e. The van der Waals surface area contributed by atoms with Crippen molar-refractivity contribution in [3.63, 3.8) is 0 Å². The molecule has 5 N–H and O–H groups in total. The van der Waals surface area contributed by atoms with Gasteiger partial charge in [0.2, 0.25) is 5.91 Å². The molecule has 1 unspecified atom stereocenters. The highest BCUT2D eigenvalue weighted by Crippen LogP contribution is 2.19. The molecule has 1 fully saturated rings. The van der Waals surface area contributed by atoms with E-state index in [2.05, 4.69) is 21.3 Å². The van der Waals surface area contributed by atoms with Gasteiger partial charge in [0.25, 0.3) is 5.69 Å².